The fourth-order valence-corrected chi connectivity index (χ4v) is 4.29. The quantitative estimate of drug-likeness (QED) is 0.259. The first-order valence-corrected chi connectivity index (χ1v) is 12.4. The summed E-state index contributed by atoms with van der Waals surface area (Å²) in [7, 11) is -0.696. The number of hydrazone groups is 1. The highest BCUT2D eigenvalue weighted by Crippen LogP contribution is 2.33. The van der Waals surface area contributed by atoms with Crippen molar-refractivity contribution < 1.29 is 17.9 Å². The number of methoxy groups -OCH3 is 2. The first-order chi connectivity index (χ1) is 16.4. The number of aromatic nitrogens is 2. The van der Waals surface area contributed by atoms with E-state index >= 15 is 0 Å². The van der Waals surface area contributed by atoms with Crippen LogP contribution in [0.4, 0.5) is 0 Å². The topological polar surface area (TPSA) is 94.8 Å². The SMILES string of the molecule is COc1ccc(-c2nn(-c3ccccc3)cc2/C=N\NS(=O)(=O)c2ccc(Br)cc2)cc1OC. The Labute approximate surface area is 206 Å². The Hall–Kier alpha value is -3.63. The second-order valence-electron chi connectivity index (χ2n) is 7.09. The van der Waals surface area contributed by atoms with Crippen LogP contribution in [0.5, 0.6) is 11.5 Å². The number of sulfonamides is 1. The van der Waals surface area contributed by atoms with Gasteiger partial charge in [0.05, 0.1) is 31.0 Å². The Bertz CT molecular complexity index is 1420. The van der Waals surface area contributed by atoms with Crippen molar-refractivity contribution in [2.24, 2.45) is 5.10 Å². The number of hydrogen-bond donors (Lipinski definition) is 1. The van der Waals surface area contributed by atoms with Gasteiger partial charge in [0, 0.05) is 21.8 Å². The van der Waals surface area contributed by atoms with E-state index in [1.54, 1.807) is 49.4 Å². The van der Waals surface area contributed by atoms with Gasteiger partial charge in [0.1, 0.15) is 5.69 Å². The van der Waals surface area contributed by atoms with Gasteiger partial charge in [-0.25, -0.2) is 9.51 Å². The molecule has 0 aliphatic rings. The third-order valence-corrected chi connectivity index (χ3v) is 6.69. The molecule has 0 aliphatic heterocycles. The van der Waals surface area contributed by atoms with Gasteiger partial charge in [-0.05, 0) is 54.6 Å². The van der Waals surface area contributed by atoms with Crippen LogP contribution in [0.1, 0.15) is 5.56 Å². The smallest absolute Gasteiger partial charge is 0.276 e. The summed E-state index contributed by atoms with van der Waals surface area (Å²) in [5, 5.41) is 8.71. The summed E-state index contributed by atoms with van der Waals surface area (Å²) in [5.74, 6) is 1.14. The summed E-state index contributed by atoms with van der Waals surface area (Å²) in [5.41, 5.74) is 2.80. The van der Waals surface area contributed by atoms with Crippen LogP contribution in [0, 0.1) is 0 Å². The van der Waals surface area contributed by atoms with Crippen molar-refractivity contribution in [3.8, 4) is 28.4 Å². The van der Waals surface area contributed by atoms with Gasteiger partial charge in [-0.1, -0.05) is 34.1 Å². The lowest BCUT2D eigenvalue weighted by Crippen LogP contribution is -2.18. The van der Waals surface area contributed by atoms with Gasteiger partial charge in [0.15, 0.2) is 11.5 Å². The van der Waals surface area contributed by atoms with Crippen LogP contribution < -0.4 is 14.3 Å². The molecule has 0 amide bonds. The monoisotopic (exact) mass is 540 g/mol. The molecule has 4 rings (SSSR count). The van der Waals surface area contributed by atoms with E-state index in [1.165, 1.54) is 18.3 Å². The minimum absolute atomic E-state index is 0.105. The Balaban J connectivity index is 1.71. The summed E-state index contributed by atoms with van der Waals surface area (Å²) < 4.78 is 38.4. The molecule has 3 aromatic carbocycles. The van der Waals surface area contributed by atoms with E-state index < -0.39 is 10.0 Å². The molecule has 0 spiro atoms. The first kappa shape index (κ1) is 23.5. The van der Waals surface area contributed by atoms with Gasteiger partial charge in [0.2, 0.25) is 0 Å². The molecule has 10 heteroatoms. The van der Waals surface area contributed by atoms with E-state index in [9.17, 15) is 8.42 Å². The van der Waals surface area contributed by atoms with Crippen molar-refractivity contribution in [2.75, 3.05) is 14.2 Å². The first-order valence-electron chi connectivity index (χ1n) is 10.1. The zero-order valence-corrected chi connectivity index (χ0v) is 20.7. The summed E-state index contributed by atoms with van der Waals surface area (Å²) in [6, 6.07) is 21.3. The summed E-state index contributed by atoms with van der Waals surface area (Å²) >= 11 is 3.30. The number of halogens is 1. The van der Waals surface area contributed by atoms with Crippen LogP contribution in [0.2, 0.25) is 0 Å². The van der Waals surface area contributed by atoms with E-state index in [4.69, 9.17) is 14.6 Å². The maximum atomic E-state index is 12.6. The predicted octanol–water partition coefficient (Wildman–Crippen LogP) is 4.63. The highest BCUT2D eigenvalue weighted by atomic mass is 79.9. The lowest BCUT2D eigenvalue weighted by molar-refractivity contribution is 0.355. The largest absolute Gasteiger partial charge is 0.493 e. The molecule has 0 bridgehead atoms. The van der Waals surface area contributed by atoms with E-state index in [1.807, 2.05) is 36.4 Å². The Morgan fingerprint density at radius 1 is 0.971 bits per heavy atom. The molecule has 0 aliphatic carbocycles. The zero-order valence-electron chi connectivity index (χ0n) is 18.3. The van der Waals surface area contributed by atoms with Gasteiger partial charge in [-0.3, -0.25) is 0 Å². The maximum absolute atomic E-state index is 12.6. The molecule has 1 aromatic heterocycles. The third kappa shape index (κ3) is 5.13. The summed E-state index contributed by atoms with van der Waals surface area (Å²) in [4.78, 5) is 2.36. The average molecular weight is 541 g/mol. The molecule has 1 heterocycles. The molecule has 34 heavy (non-hydrogen) atoms. The van der Waals surface area contributed by atoms with Crippen LogP contribution in [0.15, 0.2) is 93.5 Å². The lowest BCUT2D eigenvalue weighted by Gasteiger charge is -2.09. The molecule has 174 valence electrons. The van der Waals surface area contributed by atoms with Crippen molar-refractivity contribution >= 4 is 32.2 Å². The maximum Gasteiger partial charge on any atom is 0.276 e. The highest BCUT2D eigenvalue weighted by Gasteiger charge is 2.15. The number of benzene rings is 3. The fraction of sp³-hybridized carbons (Fsp3) is 0.0833. The molecule has 0 saturated heterocycles. The third-order valence-electron chi connectivity index (χ3n) is 4.92. The predicted molar refractivity (Wildman–Crippen MR) is 134 cm³/mol. The van der Waals surface area contributed by atoms with E-state index in [0.717, 1.165) is 15.7 Å². The second kappa shape index (κ2) is 10.1. The van der Waals surface area contributed by atoms with Crippen LogP contribution in [-0.4, -0.2) is 38.6 Å². The second-order valence-corrected chi connectivity index (χ2v) is 9.67. The molecular formula is C24H21BrN4O4S. The van der Waals surface area contributed by atoms with Gasteiger partial charge < -0.3 is 9.47 Å². The molecule has 8 nitrogen and oxygen atoms in total. The molecule has 0 atom stereocenters. The number of ether oxygens (including phenoxy) is 2. The van der Waals surface area contributed by atoms with Crippen molar-refractivity contribution in [2.45, 2.75) is 4.90 Å². The van der Waals surface area contributed by atoms with Crippen LogP contribution in [0.25, 0.3) is 16.9 Å². The Morgan fingerprint density at radius 2 is 1.68 bits per heavy atom. The van der Waals surface area contributed by atoms with Crippen LogP contribution >= 0.6 is 15.9 Å². The highest BCUT2D eigenvalue weighted by molar-refractivity contribution is 9.10. The molecule has 0 radical (unpaired) electrons. The van der Waals surface area contributed by atoms with Crippen LogP contribution in [-0.2, 0) is 10.0 Å². The number of rotatable bonds is 8. The van der Waals surface area contributed by atoms with Crippen molar-refractivity contribution in [3.05, 3.63) is 89.0 Å². The lowest BCUT2D eigenvalue weighted by atomic mass is 10.1. The van der Waals surface area contributed by atoms with E-state index in [0.29, 0.717) is 22.8 Å². The van der Waals surface area contributed by atoms with Crippen molar-refractivity contribution in [1.82, 2.24) is 14.6 Å². The Morgan fingerprint density at radius 3 is 2.35 bits per heavy atom. The normalized spacial score (nSPS) is 11.5. The van der Waals surface area contributed by atoms with Gasteiger partial charge in [-0.2, -0.15) is 18.6 Å². The molecule has 0 fully saturated rings. The molecular weight excluding hydrogens is 520 g/mol. The molecule has 0 saturated carbocycles. The van der Waals surface area contributed by atoms with E-state index in [2.05, 4.69) is 25.9 Å². The number of para-hydroxylation sites is 1. The Kier molecular flexibility index (Phi) is 6.99. The summed E-state index contributed by atoms with van der Waals surface area (Å²) in [6.07, 6.45) is 3.20. The van der Waals surface area contributed by atoms with Gasteiger partial charge in [-0.15, -0.1) is 0 Å². The number of nitrogens with zero attached hydrogens (tertiary/aromatic N) is 3. The molecule has 4 aromatic rings. The standard InChI is InChI=1S/C24H21BrN4O4S/c1-32-22-13-8-17(14-23(22)33-2)24-18(16-29(27-24)20-6-4-3-5-7-20)15-26-28-34(30,31)21-11-9-19(25)10-12-21/h3-16,28H,1-2H3/b26-15-. The fourth-order valence-electron chi connectivity index (χ4n) is 3.23. The van der Waals surface area contributed by atoms with E-state index in [-0.39, 0.29) is 4.90 Å². The minimum Gasteiger partial charge on any atom is -0.493 e. The average Bonchev–Trinajstić information content (AvgIpc) is 3.28. The van der Waals surface area contributed by atoms with Gasteiger partial charge in [0.25, 0.3) is 10.0 Å². The van der Waals surface area contributed by atoms with Crippen molar-refractivity contribution in [1.29, 1.82) is 0 Å². The molecule has 1 N–H and O–H groups in total. The van der Waals surface area contributed by atoms with Crippen molar-refractivity contribution in [3.63, 3.8) is 0 Å². The number of nitrogens with one attached hydrogen (secondary N) is 1. The molecule has 0 unspecified atom stereocenters. The van der Waals surface area contributed by atoms with Gasteiger partial charge >= 0.3 is 0 Å². The minimum atomic E-state index is -3.82. The van der Waals surface area contributed by atoms with Crippen LogP contribution in [0.3, 0.4) is 0 Å². The zero-order chi connectivity index (χ0) is 24.1. The summed E-state index contributed by atoms with van der Waals surface area (Å²) in [6.45, 7) is 0. The number of hydrogen-bond acceptors (Lipinski definition) is 6.